The first kappa shape index (κ1) is 17.7. The van der Waals surface area contributed by atoms with Crippen molar-refractivity contribution in [1.82, 2.24) is 5.32 Å². The molecule has 0 saturated carbocycles. The molecule has 6 heteroatoms. The zero-order chi connectivity index (χ0) is 15.9. The zero-order valence-corrected chi connectivity index (χ0v) is 15.4. The first-order valence-electron chi connectivity index (χ1n) is 6.56. The molecule has 0 heterocycles. The van der Waals surface area contributed by atoms with Crippen LogP contribution >= 0.6 is 50.9 Å². The molecule has 1 unspecified atom stereocenters. The van der Waals surface area contributed by atoms with Crippen molar-refractivity contribution in [2.24, 2.45) is 0 Å². The summed E-state index contributed by atoms with van der Waals surface area (Å²) < 4.78 is 0.849. The van der Waals surface area contributed by atoms with Gasteiger partial charge in [0.15, 0.2) is 0 Å². The minimum atomic E-state index is -0.690. The van der Waals surface area contributed by atoms with Gasteiger partial charge in [-0.3, -0.25) is 4.79 Å². The fourth-order valence-corrected chi connectivity index (χ4v) is 3.64. The molecular formula is C16H14BrCl2NOS. The Labute approximate surface area is 152 Å². The van der Waals surface area contributed by atoms with E-state index in [1.807, 2.05) is 42.5 Å². The van der Waals surface area contributed by atoms with E-state index in [2.05, 4.69) is 21.2 Å². The number of hydrogen-bond donors (Lipinski definition) is 1. The van der Waals surface area contributed by atoms with Crippen LogP contribution in [0.1, 0.15) is 15.9 Å². The van der Waals surface area contributed by atoms with Crippen molar-refractivity contribution in [1.29, 1.82) is 0 Å². The fourth-order valence-electron chi connectivity index (χ4n) is 1.78. The van der Waals surface area contributed by atoms with Crippen LogP contribution in [0.15, 0.2) is 59.1 Å². The van der Waals surface area contributed by atoms with Gasteiger partial charge in [0.1, 0.15) is 10.2 Å². The van der Waals surface area contributed by atoms with E-state index in [4.69, 9.17) is 23.2 Å². The van der Waals surface area contributed by atoms with Crippen molar-refractivity contribution in [2.75, 3.05) is 0 Å². The molecule has 2 nitrogen and oxygen atoms in total. The molecule has 2 rings (SSSR count). The third-order valence-corrected chi connectivity index (χ3v) is 5.41. The summed E-state index contributed by atoms with van der Waals surface area (Å²) in [5.74, 6) is 0.526. The van der Waals surface area contributed by atoms with Crippen LogP contribution in [0, 0.1) is 0 Å². The first-order chi connectivity index (χ1) is 10.6. The Morgan fingerprint density at radius 1 is 1.14 bits per heavy atom. The third kappa shape index (κ3) is 5.51. The topological polar surface area (TPSA) is 29.1 Å². The van der Waals surface area contributed by atoms with Gasteiger partial charge in [-0.1, -0.05) is 52.3 Å². The van der Waals surface area contributed by atoms with Crippen LogP contribution in [-0.2, 0) is 5.75 Å². The van der Waals surface area contributed by atoms with Crippen LogP contribution in [0.4, 0.5) is 0 Å². The van der Waals surface area contributed by atoms with Crippen molar-refractivity contribution in [3.8, 4) is 0 Å². The lowest BCUT2D eigenvalue weighted by atomic mass is 10.2. The van der Waals surface area contributed by atoms with Gasteiger partial charge in [-0.2, -0.15) is 0 Å². The molecule has 0 fully saturated rings. The maximum absolute atomic E-state index is 12.3. The Bertz CT molecular complexity index is 625. The van der Waals surface area contributed by atoms with Gasteiger partial charge in [0.05, 0.1) is 0 Å². The molecule has 2 aromatic carbocycles. The summed E-state index contributed by atoms with van der Waals surface area (Å²) in [5, 5.41) is 2.49. The molecule has 0 aliphatic heterocycles. The second-order valence-electron chi connectivity index (χ2n) is 4.54. The Kier molecular flexibility index (Phi) is 7.09. The SMILES string of the molecule is O=C(NC(SCc1ccccc1)C(Cl)Cl)c1cccc(Br)c1. The third-order valence-electron chi connectivity index (χ3n) is 2.86. The standard InChI is InChI=1S/C16H14BrCl2NOS/c17-13-8-4-7-12(9-13)15(21)20-16(14(18)19)22-10-11-5-2-1-3-6-11/h1-9,14,16H,10H2,(H,20,21). The van der Waals surface area contributed by atoms with Crippen molar-refractivity contribution in [3.63, 3.8) is 0 Å². The van der Waals surface area contributed by atoms with Crippen molar-refractivity contribution in [3.05, 3.63) is 70.2 Å². The zero-order valence-electron chi connectivity index (χ0n) is 11.5. The van der Waals surface area contributed by atoms with Gasteiger partial charge >= 0.3 is 0 Å². The van der Waals surface area contributed by atoms with Crippen LogP contribution in [0.5, 0.6) is 0 Å². The summed E-state index contributed by atoms with van der Waals surface area (Å²) in [6, 6.07) is 17.1. The van der Waals surface area contributed by atoms with Gasteiger partial charge in [-0.15, -0.1) is 35.0 Å². The number of rotatable bonds is 6. The lowest BCUT2D eigenvalue weighted by molar-refractivity contribution is 0.0951. The Morgan fingerprint density at radius 3 is 2.50 bits per heavy atom. The number of halogens is 3. The molecule has 0 spiro atoms. The highest BCUT2D eigenvalue weighted by atomic mass is 79.9. The number of alkyl halides is 2. The van der Waals surface area contributed by atoms with E-state index in [0.717, 1.165) is 15.8 Å². The summed E-state index contributed by atoms with van der Waals surface area (Å²) in [6.45, 7) is 0. The predicted octanol–water partition coefficient (Wildman–Crippen LogP) is 5.24. The highest BCUT2D eigenvalue weighted by Gasteiger charge is 2.20. The Balaban J connectivity index is 1.98. The average Bonchev–Trinajstić information content (AvgIpc) is 2.52. The Hall–Kier alpha value is -0.680. The minimum Gasteiger partial charge on any atom is -0.337 e. The average molecular weight is 419 g/mol. The summed E-state index contributed by atoms with van der Waals surface area (Å²) in [5.41, 5.74) is 1.72. The molecule has 22 heavy (non-hydrogen) atoms. The summed E-state index contributed by atoms with van der Waals surface area (Å²) >= 11 is 16.8. The molecule has 1 atom stereocenters. The lowest BCUT2D eigenvalue weighted by Crippen LogP contribution is -2.36. The van der Waals surface area contributed by atoms with Gasteiger partial charge in [0.25, 0.3) is 5.91 Å². The van der Waals surface area contributed by atoms with E-state index in [-0.39, 0.29) is 11.3 Å². The maximum Gasteiger partial charge on any atom is 0.252 e. The molecule has 0 aromatic heterocycles. The van der Waals surface area contributed by atoms with Crippen LogP contribution in [0.2, 0.25) is 0 Å². The van der Waals surface area contributed by atoms with Crippen LogP contribution < -0.4 is 5.32 Å². The van der Waals surface area contributed by atoms with Crippen LogP contribution in [0.25, 0.3) is 0 Å². The van der Waals surface area contributed by atoms with Gasteiger partial charge < -0.3 is 5.32 Å². The van der Waals surface area contributed by atoms with Crippen molar-refractivity contribution < 1.29 is 4.79 Å². The maximum atomic E-state index is 12.3. The quantitative estimate of drug-likeness (QED) is 0.513. The summed E-state index contributed by atoms with van der Waals surface area (Å²) in [4.78, 5) is 11.6. The number of carbonyl (C=O) groups excluding carboxylic acids is 1. The molecule has 0 saturated heterocycles. The van der Waals surface area contributed by atoms with Gasteiger partial charge in [0, 0.05) is 15.8 Å². The molecule has 0 bridgehead atoms. The second kappa shape index (κ2) is 8.82. The monoisotopic (exact) mass is 417 g/mol. The van der Waals surface area contributed by atoms with E-state index >= 15 is 0 Å². The molecule has 2 aromatic rings. The minimum absolute atomic E-state index is 0.196. The molecule has 0 aliphatic carbocycles. The fraction of sp³-hybridized carbons (Fsp3) is 0.188. The molecule has 1 N–H and O–H groups in total. The highest BCUT2D eigenvalue weighted by Crippen LogP contribution is 2.24. The van der Waals surface area contributed by atoms with Crippen LogP contribution in [0.3, 0.4) is 0 Å². The molecule has 0 radical (unpaired) electrons. The van der Waals surface area contributed by atoms with E-state index in [0.29, 0.717) is 5.56 Å². The number of carbonyl (C=O) groups is 1. The number of thioether (sulfide) groups is 1. The summed E-state index contributed by atoms with van der Waals surface area (Å²) in [6.07, 6.45) is 0. The smallest absolute Gasteiger partial charge is 0.252 e. The number of nitrogens with one attached hydrogen (secondary N) is 1. The first-order valence-corrected chi connectivity index (χ1v) is 9.28. The number of amides is 1. The largest absolute Gasteiger partial charge is 0.337 e. The van der Waals surface area contributed by atoms with E-state index < -0.39 is 4.84 Å². The van der Waals surface area contributed by atoms with E-state index in [1.54, 1.807) is 12.1 Å². The van der Waals surface area contributed by atoms with Gasteiger partial charge in [-0.05, 0) is 23.8 Å². The Morgan fingerprint density at radius 2 is 1.86 bits per heavy atom. The molecule has 0 aliphatic rings. The predicted molar refractivity (Wildman–Crippen MR) is 98.6 cm³/mol. The molecule has 116 valence electrons. The van der Waals surface area contributed by atoms with E-state index in [1.165, 1.54) is 11.8 Å². The van der Waals surface area contributed by atoms with Crippen molar-refractivity contribution >= 4 is 56.8 Å². The lowest BCUT2D eigenvalue weighted by Gasteiger charge is -2.19. The van der Waals surface area contributed by atoms with Crippen LogP contribution in [-0.4, -0.2) is 16.1 Å². The normalized spacial score (nSPS) is 12.2. The summed E-state index contributed by atoms with van der Waals surface area (Å²) in [7, 11) is 0. The second-order valence-corrected chi connectivity index (χ2v) is 7.74. The highest BCUT2D eigenvalue weighted by molar-refractivity contribution is 9.10. The van der Waals surface area contributed by atoms with Gasteiger partial charge in [0.2, 0.25) is 0 Å². The number of benzene rings is 2. The van der Waals surface area contributed by atoms with Gasteiger partial charge in [-0.25, -0.2) is 0 Å². The molecule has 1 amide bonds. The molecular weight excluding hydrogens is 405 g/mol. The number of hydrogen-bond acceptors (Lipinski definition) is 2. The van der Waals surface area contributed by atoms with Crippen molar-refractivity contribution in [2.45, 2.75) is 16.0 Å². The van der Waals surface area contributed by atoms with E-state index in [9.17, 15) is 4.79 Å².